The molecule has 0 spiro atoms. The fraction of sp³-hybridized carbons (Fsp3) is 0.0784. The highest BCUT2D eigenvalue weighted by Crippen LogP contribution is 2.54. The minimum absolute atomic E-state index is 0.0516. The summed E-state index contributed by atoms with van der Waals surface area (Å²) in [6.07, 6.45) is 3.41. The molecule has 1 aliphatic carbocycles. The molecule has 1 N–H and O–H groups in total. The van der Waals surface area contributed by atoms with Crippen LogP contribution in [-0.4, -0.2) is 20.4 Å². The molecule has 268 valence electrons. The van der Waals surface area contributed by atoms with Crippen molar-refractivity contribution in [2.45, 2.75) is 24.7 Å². The number of anilines is 1. The fourth-order valence-corrected chi connectivity index (χ4v) is 8.84. The first-order chi connectivity index (χ1) is 27.8. The van der Waals surface area contributed by atoms with Crippen molar-refractivity contribution in [2.75, 3.05) is 5.32 Å². The van der Waals surface area contributed by atoms with E-state index in [2.05, 4.69) is 220 Å². The Labute approximate surface area is 327 Å². The number of para-hydroxylation sites is 2. The molecule has 5 nitrogen and oxygen atoms in total. The van der Waals surface area contributed by atoms with Crippen molar-refractivity contribution < 1.29 is 0 Å². The van der Waals surface area contributed by atoms with E-state index in [9.17, 15) is 0 Å². The third-order valence-electron chi connectivity index (χ3n) is 11.5. The van der Waals surface area contributed by atoms with Crippen LogP contribution in [0.15, 0.2) is 205 Å². The van der Waals surface area contributed by atoms with Gasteiger partial charge in [-0.3, -0.25) is 5.01 Å². The van der Waals surface area contributed by atoms with E-state index in [1.54, 1.807) is 0 Å². The predicted octanol–water partition coefficient (Wildman–Crippen LogP) is 11.8. The Morgan fingerprint density at radius 2 is 1.16 bits per heavy atom. The van der Waals surface area contributed by atoms with Crippen LogP contribution in [-0.2, 0) is 6.42 Å². The number of nitrogens with one attached hydrogen (secondary N) is 1. The monoisotopic (exact) mass is 721 g/mol. The molecule has 8 aromatic rings. The number of hydrogen-bond acceptors (Lipinski definition) is 4. The number of allylic oxidation sites excluding steroid dienone is 1. The molecule has 56 heavy (non-hydrogen) atoms. The van der Waals surface area contributed by atoms with Gasteiger partial charge in [0.25, 0.3) is 0 Å². The number of rotatable bonds is 8. The van der Waals surface area contributed by atoms with Crippen molar-refractivity contribution in [1.82, 2.24) is 14.6 Å². The number of hydrogen-bond donors (Lipinski definition) is 1. The van der Waals surface area contributed by atoms with Gasteiger partial charge in [-0.2, -0.15) is 5.01 Å². The van der Waals surface area contributed by atoms with E-state index in [1.165, 1.54) is 61.4 Å². The molecule has 7 aromatic carbocycles. The van der Waals surface area contributed by atoms with E-state index >= 15 is 0 Å². The van der Waals surface area contributed by atoms with Crippen molar-refractivity contribution in [3.8, 4) is 16.8 Å². The molecule has 1 saturated heterocycles. The van der Waals surface area contributed by atoms with Gasteiger partial charge >= 0.3 is 0 Å². The highest BCUT2D eigenvalue weighted by molar-refractivity contribution is 6.02. The Morgan fingerprint density at radius 3 is 1.89 bits per heavy atom. The summed E-state index contributed by atoms with van der Waals surface area (Å²) in [5.41, 5.74) is 14.5. The lowest BCUT2D eigenvalue weighted by Gasteiger charge is -2.27. The molecule has 2 aliphatic heterocycles. The molecule has 3 heterocycles. The van der Waals surface area contributed by atoms with Gasteiger partial charge in [0.2, 0.25) is 0 Å². The van der Waals surface area contributed by atoms with Gasteiger partial charge in [0.15, 0.2) is 0 Å². The number of nitrogens with zero attached hydrogens (tertiary/aromatic N) is 4. The summed E-state index contributed by atoms with van der Waals surface area (Å²) in [7, 11) is 0. The van der Waals surface area contributed by atoms with Crippen LogP contribution in [0.2, 0.25) is 0 Å². The molecule has 0 amide bonds. The van der Waals surface area contributed by atoms with Crippen LogP contribution in [0.4, 0.5) is 5.69 Å². The Kier molecular flexibility index (Phi) is 7.78. The van der Waals surface area contributed by atoms with Gasteiger partial charge in [-0.1, -0.05) is 158 Å². The molecule has 1 aromatic heterocycles. The van der Waals surface area contributed by atoms with Crippen LogP contribution in [0.1, 0.15) is 51.8 Å². The Morgan fingerprint density at radius 1 is 0.536 bits per heavy atom. The highest BCUT2D eigenvalue weighted by Gasteiger charge is 2.57. The summed E-state index contributed by atoms with van der Waals surface area (Å²) < 4.78 is 2.42. The van der Waals surface area contributed by atoms with Gasteiger partial charge in [-0.05, 0) is 82.3 Å². The lowest BCUT2D eigenvalue weighted by Crippen LogP contribution is -2.18. The third kappa shape index (κ3) is 5.55. The number of benzene rings is 7. The van der Waals surface area contributed by atoms with Crippen LogP contribution >= 0.6 is 0 Å². The van der Waals surface area contributed by atoms with E-state index < -0.39 is 0 Å². The van der Waals surface area contributed by atoms with Crippen molar-refractivity contribution in [3.05, 3.63) is 233 Å². The lowest BCUT2D eigenvalue weighted by atomic mass is 9.84. The lowest BCUT2D eigenvalue weighted by molar-refractivity contribution is 0.341. The molecule has 0 radical (unpaired) electrons. The highest BCUT2D eigenvalue weighted by atomic mass is 15.9. The first-order valence-electron chi connectivity index (χ1n) is 19.5. The molecule has 11 rings (SSSR count). The largest absolute Gasteiger partial charge is 0.358 e. The minimum atomic E-state index is -0.0516. The zero-order valence-electron chi connectivity index (χ0n) is 30.8. The molecular formula is C51H39N5. The quantitative estimate of drug-likeness (QED) is 0.159. The van der Waals surface area contributed by atoms with Crippen LogP contribution in [0.3, 0.4) is 0 Å². The Hall–Kier alpha value is -6.95. The number of fused-ring (bicyclic) bond motifs is 4. The van der Waals surface area contributed by atoms with E-state index in [4.69, 9.17) is 4.99 Å². The molecule has 4 unspecified atom stereocenters. The zero-order chi connectivity index (χ0) is 37.0. The summed E-state index contributed by atoms with van der Waals surface area (Å²) in [6.45, 7) is 0. The maximum absolute atomic E-state index is 5.29. The zero-order valence-corrected chi connectivity index (χ0v) is 30.8. The van der Waals surface area contributed by atoms with Crippen molar-refractivity contribution >= 4 is 28.5 Å². The van der Waals surface area contributed by atoms with Gasteiger partial charge in [0.05, 0.1) is 11.2 Å². The first-order valence-corrected chi connectivity index (χ1v) is 19.5. The first kappa shape index (κ1) is 32.5. The number of hydrazine groups is 1. The van der Waals surface area contributed by atoms with E-state index in [0.29, 0.717) is 0 Å². The normalized spacial score (nSPS) is 19.5. The van der Waals surface area contributed by atoms with Gasteiger partial charge < -0.3 is 9.88 Å². The van der Waals surface area contributed by atoms with E-state index in [-0.39, 0.29) is 18.2 Å². The average Bonchev–Trinajstić information content (AvgIpc) is 3.74. The summed E-state index contributed by atoms with van der Waals surface area (Å²) in [6, 6.07) is 69.5. The van der Waals surface area contributed by atoms with Crippen LogP contribution in [0, 0.1) is 0 Å². The van der Waals surface area contributed by atoms with Gasteiger partial charge in [-0.25, -0.2) is 4.99 Å². The summed E-state index contributed by atoms with van der Waals surface area (Å²) in [5.74, 6) is 1.20. The Bertz CT molecular complexity index is 2750. The maximum atomic E-state index is 5.29. The van der Waals surface area contributed by atoms with Crippen molar-refractivity contribution in [3.63, 3.8) is 0 Å². The molecule has 5 heteroatoms. The Balaban J connectivity index is 0.923. The van der Waals surface area contributed by atoms with Crippen LogP contribution in [0.25, 0.3) is 33.8 Å². The van der Waals surface area contributed by atoms with Gasteiger partial charge in [0, 0.05) is 33.9 Å². The van der Waals surface area contributed by atoms with E-state index in [0.717, 1.165) is 23.5 Å². The summed E-state index contributed by atoms with van der Waals surface area (Å²) >= 11 is 0. The summed E-state index contributed by atoms with van der Waals surface area (Å²) in [4.78, 5) is 5.29. The average molecular weight is 722 g/mol. The van der Waals surface area contributed by atoms with Crippen LogP contribution in [0.5, 0.6) is 0 Å². The number of aromatic nitrogens is 1. The molecule has 0 bridgehead atoms. The van der Waals surface area contributed by atoms with Gasteiger partial charge in [-0.15, -0.1) is 0 Å². The number of amidine groups is 1. The second-order valence-corrected chi connectivity index (χ2v) is 14.8. The minimum Gasteiger partial charge on any atom is -0.358 e. The summed E-state index contributed by atoms with van der Waals surface area (Å²) in [5, 5.41) is 9.95. The molecular weight excluding hydrogens is 683 g/mol. The maximum Gasteiger partial charge on any atom is 0.150 e. The van der Waals surface area contributed by atoms with Crippen molar-refractivity contribution in [2.24, 2.45) is 4.99 Å². The number of aliphatic imine (C=N–C) groups is 1. The second kappa shape index (κ2) is 13.4. The fourth-order valence-electron chi connectivity index (χ4n) is 8.84. The topological polar surface area (TPSA) is 35.3 Å². The van der Waals surface area contributed by atoms with E-state index in [1.807, 2.05) is 0 Å². The standard InChI is InChI=1S/C51H39N5/c1-5-16-36(17-6-1)44-33-45-43-26-13-14-27-47(43)54(42-24-11-4-12-25-42)48(45)34-46(44)52-41-30-28-35(29-31-41)39-22-15-23-40(32-39)50-53-49(37-18-7-2-8-19-37)55-51(56(50)55)38-20-9-3-10-21-38/h1-32,34,44,49,51-52H,33H2. The molecule has 3 aliphatic rings. The molecule has 1 fully saturated rings. The van der Waals surface area contributed by atoms with Crippen LogP contribution < -0.4 is 5.32 Å². The van der Waals surface area contributed by atoms with Crippen molar-refractivity contribution in [1.29, 1.82) is 0 Å². The SMILES string of the molecule is C1=C(Nc2ccc(-c3cccc(C4=NC(c5ccccc5)N5C(c6ccccc6)N45)c3)cc2)C(c2ccccc2)Cc2c1n(-c1ccccc1)c1ccccc21. The smallest absolute Gasteiger partial charge is 0.150 e. The molecule has 4 atom stereocenters. The van der Waals surface area contributed by atoms with Gasteiger partial charge in [0.1, 0.15) is 18.2 Å². The second-order valence-electron chi connectivity index (χ2n) is 14.8. The molecule has 0 saturated carbocycles. The predicted molar refractivity (Wildman–Crippen MR) is 228 cm³/mol. The third-order valence-corrected chi connectivity index (χ3v) is 11.5.